The summed E-state index contributed by atoms with van der Waals surface area (Å²) in [4.78, 5) is 11.9. The fraction of sp³-hybridized carbons (Fsp3) is 0.462. The molecule has 1 aliphatic heterocycles. The van der Waals surface area contributed by atoms with E-state index in [0.717, 1.165) is 4.90 Å². The Labute approximate surface area is 125 Å². The molecule has 110 valence electrons. The van der Waals surface area contributed by atoms with E-state index in [4.69, 9.17) is 0 Å². The summed E-state index contributed by atoms with van der Waals surface area (Å²) < 4.78 is -0.222. The molecule has 0 saturated carbocycles. The molecule has 20 heavy (non-hydrogen) atoms. The van der Waals surface area contributed by atoms with Crippen molar-refractivity contribution >= 4 is 35.1 Å². The summed E-state index contributed by atoms with van der Waals surface area (Å²) in [6.45, 7) is 1.45. The lowest BCUT2D eigenvalue weighted by molar-refractivity contribution is -0.114. The molecule has 4 atom stereocenters. The quantitative estimate of drug-likeness (QED) is 0.662. The van der Waals surface area contributed by atoms with Crippen LogP contribution < -0.4 is 5.32 Å². The van der Waals surface area contributed by atoms with Gasteiger partial charge in [-0.1, -0.05) is 0 Å². The summed E-state index contributed by atoms with van der Waals surface area (Å²) in [5, 5.41) is 31.8. The van der Waals surface area contributed by atoms with Gasteiger partial charge in [0.2, 0.25) is 5.91 Å². The first-order valence-corrected chi connectivity index (χ1v) is 8.10. The van der Waals surface area contributed by atoms with E-state index >= 15 is 0 Å². The molecular weight excluding hydrogens is 298 g/mol. The van der Waals surface area contributed by atoms with Gasteiger partial charge in [-0.2, -0.15) is 0 Å². The van der Waals surface area contributed by atoms with Crippen LogP contribution in [0.5, 0.6) is 0 Å². The molecule has 1 saturated heterocycles. The van der Waals surface area contributed by atoms with Crippen molar-refractivity contribution in [1.29, 1.82) is 0 Å². The van der Waals surface area contributed by atoms with Gasteiger partial charge in [0.05, 0.1) is 10.7 Å². The number of amides is 1. The van der Waals surface area contributed by atoms with Crippen LogP contribution in [0.3, 0.4) is 0 Å². The normalized spacial score (nSPS) is 30.0. The number of benzene rings is 1. The first kappa shape index (κ1) is 15.7. The largest absolute Gasteiger partial charge is 0.389 e. The SMILES string of the molecule is CC(=O)Nc1ccc(S[C@@H]2SC[C@H](O)[C@H](O)[C@H]2O)cc1. The van der Waals surface area contributed by atoms with Crippen molar-refractivity contribution in [2.24, 2.45) is 0 Å². The number of thioether (sulfide) groups is 2. The van der Waals surface area contributed by atoms with E-state index in [9.17, 15) is 20.1 Å². The third-order valence-corrected chi connectivity index (χ3v) is 5.77. The van der Waals surface area contributed by atoms with Gasteiger partial charge in [0.1, 0.15) is 12.2 Å². The molecule has 2 rings (SSSR count). The van der Waals surface area contributed by atoms with Gasteiger partial charge in [0, 0.05) is 23.3 Å². The lowest BCUT2D eigenvalue weighted by Crippen LogP contribution is -2.47. The molecule has 5 nitrogen and oxygen atoms in total. The molecule has 1 aromatic carbocycles. The van der Waals surface area contributed by atoms with Gasteiger partial charge in [0.15, 0.2) is 0 Å². The smallest absolute Gasteiger partial charge is 0.221 e. The number of carbonyl (C=O) groups is 1. The first-order valence-electron chi connectivity index (χ1n) is 6.17. The van der Waals surface area contributed by atoms with Crippen molar-refractivity contribution in [2.45, 2.75) is 34.7 Å². The fourth-order valence-corrected chi connectivity index (χ4v) is 4.48. The highest BCUT2D eigenvalue weighted by atomic mass is 32.2. The lowest BCUT2D eigenvalue weighted by atomic mass is 10.1. The number of nitrogens with one attached hydrogen (secondary N) is 1. The molecule has 1 heterocycles. The molecule has 1 fully saturated rings. The number of hydrogen-bond donors (Lipinski definition) is 4. The number of anilines is 1. The van der Waals surface area contributed by atoms with Crippen molar-refractivity contribution in [3.63, 3.8) is 0 Å². The van der Waals surface area contributed by atoms with Crippen molar-refractivity contribution in [2.75, 3.05) is 11.1 Å². The Kier molecular flexibility index (Phi) is 5.34. The summed E-state index contributed by atoms with van der Waals surface area (Å²) in [6.07, 6.45) is -2.95. The van der Waals surface area contributed by atoms with E-state index in [2.05, 4.69) is 5.32 Å². The third kappa shape index (κ3) is 3.89. The van der Waals surface area contributed by atoms with Crippen molar-refractivity contribution in [3.05, 3.63) is 24.3 Å². The third-order valence-electron chi connectivity index (χ3n) is 2.88. The Bertz CT molecular complexity index is 468. The highest BCUT2D eigenvalue weighted by molar-refractivity contribution is 8.17. The molecule has 1 aromatic rings. The predicted molar refractivity (Wildman–Crippen MR) is 80.9 cm³/mol. The molecule has 0 aromatic heterocycles. The van der Waals surface area contributed by atoms with Crippen molar-refractivity contribution in [3.8, 4) is 0 Å². The Morgan fingerprint density at radius 1 is 1.25 bits per heavy atom. The zero-order valence-corrected chi connectivity index (χ0v) is 12.5. The second-order valence-corrected chi connectivity index (χ2v) is 7.26. The average Bonchev–Trinajstić information content (AvgIpc) is 2.41. The van der Waals surface area contributed by atoms with E-state index < -0.39 is 18.3 Å². The minimum atomic E-state index is -1.10. The van der Waals surface area contributed by atoms with Crippen LogP contribution in [0, 0.1) is 0 Å². The van der Waals surface area contributed by atoms with Crippen LogP contribution >= 0.6 is 23.5 Å². The van der Waals surface area contributed by atoms with Gasteiger partial charge < -0.3 is 20.6 Å². The number of aliphatic hydroxyl groups excluding tert-OH is 3. The molecular formula is C13H17NO4S2. The summed E-state index contributed by atoms with van der Waals surface area (Å²) >= 11 is 2.86. The summed E-state index contributed by atoms with van der Waals surface area (Å²) in [6, 6.07) is 7.27. The second kappa shape index (κ2) is 6.82. The molecule has 0 spiro atoms. The summed E-state index contributed by atoms with van der Waals surface area (Å²) in [5.74, 6) is 0.278. The van der Waals surface area contributed by atoms with E-state index in [-0.39, 0.29) is 10.5 Å². The van der Waals surface area contributed by atoms with Crippen LogP contribution in [-0.2, 0) is 4.79 Å². The maximum Gasteiger partial charge on any atom is 0.221 e. The van der Waals surface area contributed by atoms with Crippen molar-refractivity contribution in [1.82, 2.24) is 0 Å². The van der Waals surface area contributed by atoms with Crippen LogP contribution in [0.25, 0.3) is 0 Å². The van der Waals surface area contributed by atoms with Crippen LogP contribution in [0.1, 0.15) is 6.92 Å². The summed E-state index contributed by atoms with van der Waals surface area (Å²) in [7, 11) is 0. The molecule has 0 aliphatic carbocycles. The molecule has 1 aliphatic rings. The monoisotopic (exact) mass is 315 g/mol. The minimum absolute atomic E-state index is 0.124. The van der Waals surface area contributed by atoms with Gasteiger partial charge in [0.25, 0.3) is 0 Å². The number of hydrogen-bond acceptors (Lipinski definition) is 6. The Balaban J connectivity index is 1.98. The second-order valence-electron chi connectivity index (χ2n) is 4.57. The van der Waals surface area contributed by atoms with E-state index in [1.54, 1.807) is 12.1 Å². The van der Waals surface area contributed by atoms with E-state index in [0.29, 0.717) is 11.4 Å². The topological polar surface area (TPSA) is 89.8 Å². The summed E-state index contributed by atoms with van der Waals surface area (Å²) in [5.41, 5.74) is 0.717. The van der Waals surface area contributed by atoms with Crippen molar-refractivity contribution < 1.29 is 20.1 Å². The lowest BCUT2D eigenvalue weighted by Gasteiger charge is -2.34. The van der Waals surface area contributed by atoms with Crippen LogP contribution in [-0.4, -0.2) is 49.9 Å². The highest BCUT2D eigenvalue weighted by Gasteiger charge is 2.37. The van der Waals surface area contributed by atoms with Gasteiger partial charge in [-0.15, -0.1) is 23.5 Å². The minimum Gasteiger partial charge on any atom is -0.389 e. The van der Waals surface area contributed by atoms with Gasteiger partial charge >= 0.3 is 0 Å². The highest BCUT2D eigenvalue weighted by Crippen LogP contribution is 2.38. The molecule has 4 N–H and O–H groups in total. The molecule has 7 heteroatoms. The number of rotatable bonds is 3. The molecule has 0 unspecified atom stereocenters. The van der Waals surface area contributed by atoms with Crippen LogP contribution in [0.2, 0.25) is 0 Å². The average molecular weight is 315 g/mol. The number of carbonyl (C=O) groups excluding carboxylic acids is 1. The van der Waals surface area contributed by atoms with Gasteiger partial charge in [-0.05, 0) is 24.3 Å². The van der Waals surface area contributed by atoms with Crippen LogP contribution in [0.4, 0.5) is 5.69 Å². The fourth-order valence-electron chi connectivity index (χ4n) is 1.84. The predicted octanol–water partition coefficient (Wildman–Crippen LogP) is 0.893. The Hall–Kier alpha value is -0.730. The molecule has 0 radical (unpaired) electrons. The van der Waals surface area contributed by atoms with E-state index in [1.165, 1.54) is 30.4 Å². The zero-order chi connectivity index (χ0) is 14.7. The molecule has 1 amide bonds. The maximum absolute atomic E-state index is 10.9. The van der Waals surface area contributed by atoms with Gasteiger partial charge in [-0.3, -0.25) is 4.79 Å². The zero-order valence-electron chi connectivity index (χ0n) is 10.9. The first-order chi connectivity index (χ1) is 9.47. The Morgan fingerprint density at radius 3 is 2.50 bits per heavy atom. The van der Waals surface area contributed by atoms with E-state index in [1.807, 2.05) is 12.1 Å². The van der Waals surface area contributed by atoms with Crippen LogP contribution in [0.15, 0.2) is 29.2 Å². The number of aliphatic hydroxyl groups is 3. The van der Waals surface area contributed by atoms with Gasteiger partial charge in [-0.25, -0.2) is 0 Å². The maximum atomic E-state index is 10.9. The molecule has 0 bridgehead atoms. The standard InChI is InChI=1S/C13H17NO4S2/c1-7(15)14-8-2-4-9(5-3-8)20-13-12(18)11(17)10(16)6-19-13/h2-5,10-13,16-18H,6H2,1H3,(H,14,15)/t10-,11-,12+,13-/m0/s1. The Morgan fingerprint density at radius 2 is 1.90 bits per heavy atom.